The third-order valence-electron chi connectivity index (χ3n) is 4.04. The summed E-state index contributed by atoms with van der Waals surface area (Å²) in [6.45, 7) is 2.10. The van der Waals surface area contributed by atoms with Gasteiger partial charge in [-0.3, -0.25) is 9.59 Å². The Morgan fingerprint density at radius 3 is 2.65 bits per heavy atom. The molecule has 1 heterocycles. The first kappa shape index (κ1) is 17.8. The van der Waals surface area contributed by atoms with E-state index in [1.807, 2.05) is 42.5 Å². The summed E-state index contributed by atoms with van der Waals surface area (Å²) >= 11 is 0. The van der Waals surface area contributed by atoms with Crippen LogP contribution in [0.4, 0.5) is 0 Å². The van der Waals surface area contributed by atoms with Crippen molar-refractivity contribution < 1.29 is 23.8 Å². The Kier molecular flexibility index (Phi) is 5.73. The monoisotopic (exact) mass is 355 g/mol. The summed E-state index contributed by atoms with van der Waals surface area (Å²) in [5.74, 6) is 0.633. The van der Waals surface area contributed by atoms with Crippen LogP contribution in [-0.2, 0) is 27.3 Å². The van der Waals surface area contributed by atoms with E-state index >= 15 is 0 Å². The number of fused-ring (bicyclic) bond motifs is 1. The molecule has 6 nitrogen and oxygen atoms in total. The molecule has 0 bridgehead atoms. The Balaban J connectivity index is 1.42. The number of amides is 1. The predicted molar refractivity (Wildman–Crippen MR) is 94.7 cm³/mol. The number of hydrogen-bond acceptors (Lipinski definition) is 5. The average Bonchev–Trinajstić information content (AvgIpc) is 3.13. The topological polar surface area (TPSA) is 73.9 Å². The lowest BCUT2D eigenvalue weighted by Gasteiger charge is -2.13. The maximum Gasteiger partial charge on any atom is 0.306 e. The van der Waals surface area contributed by atoms with E-state index in [-0.39, 0.29) is 25.1 Å². The lowest BCUT2D eigenvalue weighted by molar-refractivity contribution is -0.154. The van der Waals surface area contributed by atoms with E-state index in [9.17, 15) is 9.59 Å². The quantitative estimate of drug-likeness (QED) is 0.773. The van der Waals surface area contributed by atoms with Crippen LogP contribution in [0.3, 0.4) is 0 Å². The van der Waals surface area contributed by atoms with Gasteiger partial charge < -0.3 is 19.5 Å². The molecular formula is C20H21NO5. The largest absolute Gasteiger partial charge is 0.454 e. The second-order valence-corrected chi connectivity index (χ2v) is 6.02. The second-order valence-electron chi connectivity index (χ2n) is 6.02. The van der Waals surface area contributed by atoms with Gasteiger partial charge in [0.2, 0.25) is 6.79 Å². The van der Waals surface area contributed by atoms with Gasteiger partial charge >= 0.3 is 5.97 Å². The molecule has 26 heavy (non-hydrogen) atoms. The summed E-state index contributed by atoms with van der Waals surface area (Å²) in [6, 6.07) is 15.2. The first-order valence-electron chi connectivity index (χ1n) is 8.51. The van der Waals surface area contributed by atoms with Crippen molar-refractivity contribution in [3.8, 4) is 11.5 Å². The minimum absolute atomic E-state index is 0.209. The lowest BCUT2D eigenvalue weighted by atomic mass is 10.1. The highest BCUT2D eigenvalue weighted by atomic mass is 16.7. The van der Waals surface area contributed by atoms with Gasteiger partial charge in [-0.1, -0.05) is 36.4 Å². The molecule has 0 radical (unpaired) electrons. The maximum atomic E-state index is 12.1. The number of rotatable bonds is 7. The predicted octanol–water partition coefficient (Wildman–Crippen LogP) is 2.60. The number of nitrogens with one attached hydrogen (secondary N) is 1. The summed E-state index contributed by atoms with van der Waals surface area (Å²) in [7, 11) is 0. The molecule has 0 fully saturated rings. The number of hydrogen-bond donors (Lipinski definition) is 1. The SMILES string of the molecule is C[C@@H](OC(=O)CCc1ccccc1)C(=O)NCc1ccc2c(c1)OCO2. The summed E-state index contributed by atoms with van der Waals surface area (Å²) in [5, 5.41) is 2.76. The Labute approximate surface area is 152 Å². The molecule has 1 amide bonds. The fourth-order valence-corrected chi connectivity index (χ4v) is 2.58. The zero-order valence-electron chi connectivity index (χ0n) is 14.6. The molecule has 2 aromatic carbocycles. The number of ether oxygens (including phenoxy) is 3. The van der Waals surface area contributed by atoms with Gasteiger partial charge in [-0.25, -0.2) is 0 Å². The van der Waals surface area contributed by atoms with Crippen molar-refractivity contribution in [2.45, 2.75) is 32.4 Å². The first-order valence-corrected chi connectivity index (χ1v) is 8.51. The van der Waals surface area contributed by atoms with E-state index in [2.05, 4.69) is 5.32 Å². The zero-order chi connectivity index (χ0) is 18.4. The van der Waals surface area contributed by atoms with Crippen LogP contribution in [-0.4, -0.2) is 24.8 Å². The van der Waals surface area contributed by atoms with Crippen molar-refractivity contribution in [1.29, 1.82) is 0 Å². The van der Waals surface area contributed by atoms with Gasteiger partial charge in [-0.2, -0.15) is 0 Å². The molecule has 0 unspecified atom stereocenters. The molecule has 1 N–H and O–H groups in total. The van der Waals surface area contributed by atoms with Gasteiger partial charge in [0.1, 0.15) is 0 Å². The molecule has 0 aromatic heterocycles. The standard InChI is InChI=1S/C20H21NO5/c1-14(26-19(22)10-8-15-5-3-2-4-6-15)20(23)21-12-16-7-9-17-18(11-16)25-13-24-17/h2-7,9,11,14H,8,10,12-13H2,1H3,(H,21,23)/t14-/m1/s1. The highest BCUT2D eigenvalue weighted by Gasteiger charge is 2.18. The smallest absolute Gasteiger partial charge is 0.306 e. The number of benzene rings is 2. The Bertz CT molecular complexity index is 775. The second kappa shape index (κ2) is 8.38. The van der Waals surface area contributed by atoms with E-state index in [0.29, 0.717) is 24.5 Å². The van der Waals surface area contributed by atoms with E-state index < -0.39 is 6.10 Å². The molecular weight excluding hydrogens is 334 g/mol. The lowest BCUT2D eigenvalue weighted by Crippen LogP contribution is -2.35. The molecule has 0 saturated heterocycles. The van der Waals surface area contributed by atoms with Gasteiger partial charge in [-0.15, -0.1) is 0 Å². The van der Waals surface area contributed by atoms with Crippen LogP contribution in [0.15, 0.2) is 48.5 Å². The molecule has 1 aliphatic heterocycles. The minimum atomic E-state index is -0.840. The van der Waals surface area contributed by atoms with E-state index in [0.717, 1.165) is 11.1 Å². The minimum Gasteiger partial charge on any atom is -0.454 e. The number of esters is 1. The normalized spacial score (nSPS) is 13.1. The maximum absolute atomic E-state index is 12.1. The Hall–Kier alpha value is -3.02. The van der Waals surface area contributed by atoms with Crippen LogP contribution in [0.25, 0.3) is 0 Å². The van der Waals surface area contributed by atoms with E-state index in [1.54, 1.807) is 13.0 Å². The third-order valence-corrected chi connectivity index (χ3v) is 4.04. The summed E-state index contributed by atoms with van der Waals surface area (Å²) in [6.07, 6.45) is -0.0121. The van der Waals surface area contributed by atoms with Gasteiger partial charge in [0.15, 0.2) is 17.6 Å². The van der Waals surface area contributed by atoms with E-state index in [1.165, 1.54) is 0 Å². The molecule has 0 aliphatic carbocycles. The Morgan fingerprint density at radius 2 is 1.85 bits per heavy atom. The van der Waals surface area contributed by atoms with Crippen LogP contribution in [0.1, 0.15) is 24.5 Å². The van der Waals surface area contributed by atoms with Crippen LogP contribution >= 0.6 is 0 Å². The average molecular weight is 355 g/mol. The van der Waals surface area contributed by atoms with Gasteiger partial charge in [0, 0.05) is 13.0 Å². The van der Waals surface area contributed by atoms with Crippen molar-refractivity contribution in [1.82, 2.24) is 5.32 Å². The fraction of sp³-hybridized carbons (Fsp3) is 0.300. The summed E-state index contributed by atoms with van der Waals surface area (Å²) in [4.78, 5) is 24.0. The van der Waals surface area contributed by atoms with Crippen LogP contribution in [0.5, 0.6) is 11.5 Å². The van der Waals surface area contributed by atoms with Gasteiger partial charge in [0.05, 0.1) is 0 Å². The van der Waals surface area contributed by atoms with Crippen LogP contribution in [0.2, 0.25) is 0 Å². The number of carbonyl (C=O) groups is 2. The van der Waals surface area contributed by atoms with Crippen LogP contribution < -0.4 is 14.8 Å². The molecule has 6 heteroatoms. The molecule has 1 aliphatic rings. The summed E-state index contributed by atoms with van der Waals surface area (Å²) in [5.41, 5.74) is 1.94. The molecule has 0 spiro atoms. The molecule has 1 atom stereocenters. The number of carbonyl (C=O) groups excluding carboxylic acids is 2. The third kappa shape index (κ3) is 4.75. The van der Waals surface area contributed by atoms with Crippen molar-refractivity contribution in [2.24, 2.45) is 0 Å². The molecule has 3 rings (SSSR count). The molecule has 136 valence electrons. The van der Waals surface area contributed by atoms with E-state index in [4.69, 9.17) is 14.2 Å². The molecule has 0 saturated carbocycles. The fourth-order valence-electron chi connectivity index (χ4n) is 2.58. The van der Waals surface area contributed by atoms with Crippen molar-refractivity contribution in [3.63, 3.8) is 0 Å². The van der Waals surface area contributed by atoms with Crippen molar-refractivity contribution in [2.75, 3.05) is 6.79 Å². The highest BCUT2D eigenvalue weighted by molar-refractivity contribution is 5.83. The van der Waals surface area contributed by atoms with Crippen molar-refractivity contribution >= 4 is 11.9 Å². The van der Waals surface area contributed by atoms with Crippen molar-refractivity contribution in [3.05, 3.63) is 59.7 Å². The number of aryl methyl sites for hydroxylation is 1. The van der Waals surface area contributed by atoms with Gasteiger partial charge in [0.25, 0.3) is 5.91 Å². The first-order chi connectivity index (χ1) is 12.6. The summed E-state index contributed by atoms with van der Waals surface area (Å²) < 4.78 is 15.8. The molecule has 2 aromatic rings. The Morgan fingerprint density at radius 1 is 1.08 bits per heavy atom. The van der Waals surface area contributed by atoms with Gasteiger partial charge in [-0.05, 0) is 36.6 Å². The highest BCUT2D eigenvalue weighted by Crippen LogP contribution is 2.32. The van der Waals surface area contributed by atoms with Crippen LogP contribution in [0, 0.1) is 0 Å². The zero-order valence-corrected chi connectivity index (χ0v) is 14.6.